The number of piperazine rings is 1. The summed E-state index contributed by atoms with van der Waals surface area (Å²) in [4.78, 5) is 16.6. The Kier molecular flexibility index (Phi) is 6.85. The lowest BCUT2D eigenvalue weighted by Gasteiger charge is -2.40. The highest BCUT2D eigenvalue weighted by molar-refractivity contribution is 9.10. The maximum absolute atomic E-state index is 12.4. The summed E-state index contributed by atoms with van der Waals surface area (Å²) in [5, 5.41) is 0. The first-order chi connectivity index (χ1) is 13.7. The van der Waals surface area contributed by atoms with E-state index in [1.165, 1.54) is 0 Å². The van der Waals surface area contributed by atoms with Gasteiger partial charge in [-0.05, 0) is 52.0 Å². The van der Waals surface area contributed by atoms with Crippen molar-refractivity contribution < 1.29 is 14.3 Å². The zero-order valence-electron chi connectivity index (χ0n) is 17.5. The zero-order valence-corrected chi connectivity index (χ0v) is 19.1. The number of rotatable bonds is 4. The second-order valence-electron chi connectivity index (χ2n) is 8.43. The molecule has 0 bridgehead atoms. The van der Waals surface area contributed by atoms with Crippen LogP contribution in [0.25, 0.3) is 0 Å². The van der Waals surface area contributed by atoms with E-state index >= 15 is 0 Å². The fourth-order valence-electron chi connectivity index (χ4n) is 3.38. The average molecular weight is 461 g/mol. The van der Waals surface area contributed by atoms with Crippen LogP contribution >= 0.6 is 15.9 Å². The normalized spacial score (nSPS) is 17.8. The van der Waals surface area contributed by atoms with Gasteiger partial charge in [0.05, 0.1) is 0 Å². The van der Waals surface area contributed by atoms with Crippen LogP contribution in [-0.2, 0) is 11.3 Å². The van der Waals surface area contributed by atoms with Gasteiger partial charge in [-0.3, -0.25) is 4.90 Å². The first-order valence-corrected chi connectivity index (χ1v) is 10.7. The minimum absolute atomic E-state index is 0.0903. The number of hydrogen-bond donors (Lipinski definition) is 0. The first kappa shape index (κ1) is 21.7. The van der Waals surface area contributed by atoms with Crippen molar-refractivity contribution >= 4 is 22.0 Å². The third kappa shape index (κ3) is 6.21. The molecular weight excluding hydrogens is 432 g/mol. The average Bonchev–Trinajstić information content (AvgIpc) is 2.63. The molecule has 0 N–H and O–H groups in total. The summed E-state index contributed by atoms with van der Waals surface area (Å²) in [5.41, 5.74) is 0.643. The Morgan fingerprint density at radius 3 is 2.52 bits per heavy atom. The van der Waals surface area contributed by atoms with Crippen molar-refractivity contribution in [3.63, 3.8) is 0 Å². The SMILES string of the molecule is CC1CN(Cc2ccc(Br)cc2Oc2ccccc2)CCN1C(=O)OC(C)(C)C. The van der Waals surface area contributed by atoms with E-state index in [1.807, 2.05) is 68.1 Å². The molecule has 6 heteroatoms. The van der Waals surface area contributed by atoms with Crippen LogP contribution in [0.5, 0.6) is 11.5 Å². The molecule has 0 aliphatic carbocycles. The smallest absolute Gasteiger partial charge is 0.410 e. The van der Waals surface area contributed by atoms with Crippen LogP contribution in [0.2, 0.25) is 0 Å². The number of para-hydroxylation sites is 1. The number of amides is 1. The molecular formula is C23H29BrN2O3. The van der Waals surface area contributed by atoms with Gasteiger partial charge in [0.2, 0.25) is 0 Å². The summed E-state index contributed by atoms with van der Waals surface area (Å²) in [7, 11) is 0. The Balaban J connectivity index is 1.66. The van der Waals surface area contributed by atoms with Gasteiger partial charge < -0.3 is 14.4 Å². The highest BCUT2D eigenvalue weighted by Crippen LogP contribution is 2.30. The topological polar surface area (TPSA) is 42.0 Å². The molecule has 5 nitrogen and oxygen atoms in total. The molecule has 1 atom stereocenters. The van der Waals surface area contributed by atoms with Crippen molar-refractivity contribution in [1.29, 1.82) is 0 Å². The number of hydrogen-bond acceptors (Lipinski definition) is 4. The van der Waals surface area contributed by atoms with E-state index in [0.717, 1.165) is 41.2 Å². The van der Waals surface area contributed by atoms with E-state index < -0.39 is 5.60 Å². The summed E-state index contributed by atoms with van der Waals surface area (Å²) in [6.07, 6.45) is -0.235. The van der Waals surface area contributed by atoms with Crippen molar-refractivity contribution in [2.45, 2.75) is 45.9 Å². The Labute approximate surface area is 181 Å². The fourth-order valence-corrected chi connectivity index (χ4v) is 3.72. The summed E-state index contributed by atoms with van der Waals surface area (Å²) < 4.78 is 12.7. The lowest BCUT2D eigenvalue weighted by atomic mass is 10.1. The molecule has 1 aliphatic heterocycles. The molecule has 0 aromatic heterocycles. The summed E-state index contributed by atoms with van der Waals surface area (Å²) in [6.45, 7) is 10.8. The van der Waals surface area contributed by atoms with Gasteiger partial charge in [0.25, 0.3) is 0 Å². The lowest BCUT2D eigenvalue weighted by molar-refractivity contribution is 0.000490. The van der Waals surface area contributed by atoms with Gasteiger partial charge >= 0.3 is 6.09 Å². The van der Waals surface area contributed by atoms with Crippen molar-refractivity contribution in [2.75, 3.05) is 19.6 Å². The second kappa shape index (κ2) is 9.18. The van der Waals surface area contributed by atoms with Gasteiger partial charge in [0.15, 0.2) is 0 Å². The zero-order chi connectivity index (χ0) is 21.0. The third-order valence-corrected chi connectivity index (χ3v) is 5.23. The number of carbonyl (C=O) groups is 1. The van der Waals surface area contributed by atoms with Crippen LogP contribution in [0.3, 0.4) is 0 Å². The Morgan fingerprint density at radius 1 is 1.14 bits per heavy atom. The standard InChI is InChI=1S/C23H29BrN2O3/c1-17-15-25(12-13-26(17)22(27)29-23(2,3)4)16-18-10-11-19(24)14-21(18)28-20-8-6-5-7-9-20/h5-11,14,17H,12-13,15-16H2,1-4H3. The Hall–Kier alpha value is -2.05. The van der Waals surface area contributed by atoms with Crippen LogP contribution in [0.4, 0.5) is 4.79 Å². The van der Waals surface area contributed by atoms with Gasteiger partial charge in [0.1, 0.15) is 17.1 Å². The van der Waals surface area contributed by atoms with E-state index in [4.69, 9.17) is 9.47 Å². The maximum atomic E-state index is 12.4. The minimum Gasteiger partial charge on any atom is -0.457 e. The van der Waals surface area contributed by atoms with Crippen LogP contribution in [0.1, 0.15) is 33.3 Å². The van der Waals surface area contributed by atoms with Gasteiger partial charge in [-0.2, -0.15) is 0 Å². The van der Waals surface area contributed by atoms with Gasteiger partial charge in [0, 0.05) is 42.3 Å². The molecule has 1 aliphatic rings. The summed E-state index contributed by atoms with van der Waals surface area (Å²) >= 11 is 3.54. The summed E-state index contributed by atoms with van der Waals surface area (Å²) in [5.74, 6) is 1.66. The van der Waals surface area contributed by atoms with E-state index in [9.17, 15) is 4.79 Å². The molecule has 0 radical (unpaired) electrons. The Bertz CT molecular complexity index is 836. The quantitative estimate of drug-likeness (QED) is 0.588. The molecule has 1 saturated heterocycles. The van der Waals surface area contributed by atoms with E-state index in [-0.39, 0.29) is 12.1 Å². The molecule has 1 amide bonds. The molecule has 0 spiro atoms. The van der Waals surface area contributed by atoms with Crippen LogP contribution in [-0.4, -0.2) is 47.2 Å². The molecule has 156 valence electrons. The molecule has 3 rings (SSSR count). The molecule has 0 saturated carbocycles. The van der Waals surface area contributed by atoms with Gasteiger partial charge in [-0.25, -0.2) is 4.79 Å². The monoisotopic (exact) mass is 460 g/mol. The molecule has 29 heavy (non-hydrogen) atoms. The van der Waals surface area contributed by atoms with Crippen molar-refractivity contribution in [1.82, 2.24) is 9.80 Å². The number of ether oxygens (including phenoxy) is 2. The van der Waals surface area contributed by atoms with Gasteiger partial charge in [-0.15, -0.1) is 0 Å². The van der Waals surface area contributed by atoms with Crippen molar-refractivity contribution in [3.05, 3.63) is 58.6 Å². The van der Waals surface area contributed by atoms with E-state index in [0.29, 0.717) is 6.54 Å². The summed E-state index contributed by atoms with van der Waals surface area (Å²) in [6, 6.07) is 16.0. The predicted molar refractivity (Wildman–Crippen MR) is 118 cm³/mol. The predicted octanol–water partition coefficient (Wildman–Crippen LogP) is 5.68. The van der Waals surface area contributed by atoms with Crippen LogP contribution in [0.15, 0.2) is 53.0 Å². The first-order valence-electron chi connectivity index (χ1n) is 9.94. The highest BCUT2D eigenvalue weighted by Gasteiger charge is 2.31. The lowest BCUT2D eigenvalue weighted by Crippen LogP contribution is -2.54. The number of nitrogens with zero attached hydrogens (tertiary/aromatic N) is 2. The van der Waals surface area contributed by atoms with Crippen molar-refractivity contribution in [2.24, 2.45) is 0 Å². The largest absolute Gasteiger partial charge is 0.457 e. The minimum atomic E-state index is -0.477. The van der Waals surface area contributed by atoms with Gasteiger partial charge in [-0.1, -0.05) is 40.2 Å². The molecule has 1 fully saturated rings. The van der Waals surface area contributed by atoms with E-state index in [2.05, 4.69) is 33.8 Å². The number of carbonyl (C=O) groups excluding carboxylic acids is 1. The van der Waals surface area contributed by atoms with E-state index in [1.54, 1.807) is 0 Å². The number of benzene rings is 2. The highest BCUT2D eigenvalue weighted by atomic mass is 79.9. The number of halogens is 1. The van der Waals surface area contributed by atoms with Crippen LogP contribution in [0, 0.1) is 0 Å². The molecule has 1 unspecified atom stereocenters. The fraction of sp³-hybridized carbons (Fsp3) is 0.435. The third-order valence-electron chi connectivity index (χ3n) is 4.73. The van der Waals surface area contributed by atoms with Crippen molar-refractivity contribution in [3.8, 4) is 11.5 Å². The molecule has 1 heterocycles. The molecule has 2 aromatic carbocycles. The second-order valence-corrected chi connectivity index (χ2v) is 9.34. The molecule has 2 aromatic rings. The Morgan fingerprint density at radius 2 is 1.86 bits per heavy atom. The maximum Gasteiger partial charge on any atom is 0.410 e. The van der Waals surface area contributed by atoms with Crippen LogP contribution < -0.4 is 4.74 Å².